The molecule has 13 rings (SSSR count). The molecule has 0 saturated heterocycles. The fourth-order valence-corrected chi connectivity index (χ4v) is 9.43. The van der Waals surface area contributed by atoms with E-state index in [1.807, 2.05) is 12.1 Å². The maximum Gasteiger partial charge on any atom is 0.166 e. The third-order valence-corrected chi connectivity index (χ3v) is 12.2. The molecule has 3 heterocycles. The van der Waals surface area contributed by atoms with Crippen LogP contribution in [0.5, 0.6) is 0 Å². The Morgan fingerprint density at radius 2 is 0.950 bits per heavy atom. The summed E-state index contributed by atoms with van der Waals surface area (Å²) < 4.78 is 9.02. The van der Waals surface area contributed by atoms with Gasteiger partial charge in [-0.2, -0.15) is 0 Å². The van der Waals surface area contributed by atoms with E-state index in [0.717, 1.165) is 71.5 Å². The fourth-order valence-electron chi connectivity index (χ4n) is 9.43. The molecule has 278 valence electrons. The average Bonchev–Trinajstić information content (AvgIpc) is 3.85. The minimum Gasteiger partial charge on any atom is -0.456 e. The molecule has 13 aromatic rings. The van der Waals surface area contributed by atoms with Crippen molar-refractivity contribution in [3.8, 4) is 39.9 Å². The first-order valence-corrected chi connectivity index (χ1v) is 20.3. The molecule has 0 aliphatic carbocycles. The van der Waals surface area contributed by atoms with E-state index in [1.165, 1.54) is 37.7 Å². The van der Waals surface area contributed by atoms with Crippen molar-refractivity contribution in [3.63, 3.8) is 0 Å². The summed E-state index contributed by atoms with van der Waals surface area (Å²) in [5, 5.41) is 13.7. The molecule has 0 unspecified atom stereocenters. The largest absolute Gasteiger partial charge is 0.456 e. The fraction of sp³-hybridized carbons (Fsp3) is 0. The lowest BCUT2D eigenvalue weighted by Gasteiger charge is -2.16. The number of furan rings is 1. The van der Waals surface area contributed by atoms with Crippen LogP contribution in [-0.4, -0.2) is 19.5 Å². The number of para-hydroxylation sites is 2. The van der Waals surface area contributed by atoms with Gasteiger partial charge < -0.3 is 8.98 Å². The van der Waals surface area contributed by atoms with Crippen molar-refractivity contribution < 1.29 is 4.42 Å². The van der Waals surface area contributed by atoms with Crippen LogP contribution in [0.25, 0.3) is 127 Å². The SMILES string of the molecule is c1ccc2cc3c(cc2c1)c1ccccc1n3-c1c(-c2nc(-c3ccc4c(ccc5ccccc54)c3)nc(-c3cccc4ccccc34)n2)ccc2oc3ccccc3c12. The van der Waals surface area contributed by atoms with Crippen LogP contribution < -0.4 is 0 Å². The summed E-state index contributed by atoms with van der Waals surface area (Å²) in [5.41, 5.74) is 7.52. The zero-order valence-corrected chi connectivity index (χ0v) is 32.2. The Morgan fingerprint density at radius 3 is 1.80 bits per heavy atom. The quantitative estimate of drug-likeness (QED) is 0.167. The Balaban J connectivity index is 1.16. The maximum absolute atomic E-state index is 6.62. The second-order valence-electron chi connectivity index (χ2n) is 15.6. The molecule has 0 saturated carbocycles. The maximum atomic E-state index is 6.62. The van der Waals surface area contributed by atoms with Crippen LogP contribution in [0.2, 0.25) is 0 Å². The van der Waals surface area contributed by atoms with Gasteiger partial charge in [-0.3, -0.25) is 0 Å². The van der Waals surface area contributed by atoms with Gasteiger partial charge in [0.25, 0.3) is 0 Å². The molecule has 5 heteroatoms. The van der Waals surface area contributed by atoms with Crippen LogP contribution in [0.3, 0.4) is 0 Å². The number of rotatable bonds is 4. The third-order valence-electron chi connectivity index (χ3n) is 12.2. The van der Waals surface area contributed by atoms with Gasteiger partial charge in [0.2, 0.25) is 0 Å². The third kappa shape index (κ3) is 4.90. The van der Waals surface area contributed by atoms with Crippen molar-refractivity contribution >= 4 is 86.8 Å². The Labute approximate surface area is 343 Å². The van der Waals surface area contributed by atoms with Crippen LogP contribution in [0.15, 0.2) is 199 Å². The highest BCUT2D eigenvalue weighted by Gasteiger charge is 2.25. The number of fused-ring (bicyclic) bond motifs is 11. The van der Waals surface area contributed by atoms with E-state index in [2.05, 4.69) is 187 Å². The van der Waals surface area contributed by atoms with E-state index in [-0.39, 0.29) is 0 Å². The van der Waals surface area contributed by atoms with Crippen LogP contribution in [0.1, 0.15) is 0 Å². The first-order valence-electron chi connectivity index (χ1n) is 20.3. The van der Waals surface area contributed by atoms with Gasteiger partial charge in [0, 0.05) is 32.8 Å². The molecular weight excluding hydrogens is 733 g/mol. The predicted octanol–water partition coefficient (Wildman–Crippen LogP) is 14.5. The van der Waals surface area contributed by atoms with Crippen molar-refractivity contribution in [3.05, 3.63) is 194 Å². The second-order valence-corrected chi connectivity index (χ2v) is 15.6. The standard InChI is InChI=1S/C55H32N4O/c1-2-15-36-32-48-46(31-35(36)14-1)42-19-7-9-22-47(42)59(48)52-45(28-29-50-51(52)44-20-8-10-23-49(44)60-50)55-57-53(56-54(58-55)43-21-11-16-33-12-3-6-18-40(33)43)38-26-27-41-37(30-38)25-24-34-13-4-5-17-39(34)41/h1-32H. The van der Waals surface area contributed by atoms with Crippen molar-refractivity contribution in [2.45, 2.75) is 0 Å². The Morgan fingerprint density at radius 1 is 0.333 bits per heavy atom. The molecule has 0 atom stereocenters. The summed E-state index contributed by atoms with van der Waals surface area (Å²) in [6, 6.07) is 68.6. The second kappa shape index (κ2) is 12.7. The number of hydrogen-bond donors (Lipinski definition) is 0. The molecule has 0 radical (unpaired) electrons. The Hall–Kier alpha value is -8.15. The van der Waals surface area contributed by atoms with Crippen LogP contribution >= 0.6 is 0 Å². The van der Waals surface area contributed by atoms with Crippen molar-refractivity contribution in [1.29, 1.82) is 0 Å². The smallest absolute Gasteiger partial charge is 0.166 e. The van der Waals surface area contributed by atoms with Gasteiger partial charge in [0.05, 0.1) is 22.1 Å². The van der Waals surface area contributed by atoms with Crippen molar-refractivity contribution in [2.75, 3.05) is 0 Å². The minimum absolute atomic E-state index is 0.579. The number of benzene rings is 10. The highest BCUT2D eigenvalue weighted by Crippen LogP contribution is 2.44. The van der Waals surface area contributed by atoms with Gasteiger partial charge in [-0.15, -0.1) is 0 Å². The average molecular weight is 765 g/mol. The van der Waals surface area contributed by atoms with E-state index >= 15 is 0 Å². The Kier molecular flexibility index (Phi) is 6.95. The predicted molar refractivity (Wildman–Crippen MR) is 248 cm³/mol. The van der Waals surface area contributed by atoms with Crippen LogP contribution in [-0.2, 0) is 0 Å². The van der Waals surface area contributed by atoms with E-state index in [0.29, 0.717) is 17.5 Å². The monoisotopic (exact) mass is 764 g/mol. The minimum atomic E-state index is 0.579. The van der Waals surface area contributed by atoms with Gasteiger partial charge in [0.1, 0.15) is 11.2 Å². The van der Waals surface area contributed by atoms with Gasteiger partial charge >= 0.3 is 0 Å². The summed E-state index contributed by atoms with van der Waals surface area (Å²) in [6.07, 6.45) is 0. The number of aromatic nitrogens is 4. The van der Waals surface area contributed by atoms with Crippen molar-refractivity contribution in [2.24, 2.45) is 0 Å². The molecule has 5 nitrogen and oxygen atoms in total. The lowest BCUT2D eigenvalue weighted by atomic mass is 9.99. The number of hydrogen-bond acceptors (Lipinski definition) is 4. The summed E-state index contributed by atoms with van der Waals surface area (Å²) >= 11 is 0. The molecule has 0 N–H and O–H groups in total. The summed E-state index contributed by atoms with van der Waals surface area (Å²) in [4.78, 5) is 16.2. The molecule has 0 aliphatic rings. The molecule has 0 aliphatic heterocycles. The zero-order valence-electron chi connectivity index (χ0n) is 32.2. The lowest BCUT2D eigenvalue weighted by molar-refractivity contribution is 0.669. The lowest BCUT2D eigenvalue weighted by Crippen LogP contribution is -2.04. The van der Waals surface area contributed by atoms with E-state index < -0.39 is 0 Å². The normalized spacial score (nSPS) is 12.0. The molecule has 60 heavy (non-hydrogen) atoms. The van der Waals surface area contributed by atoms with Crippen molar-refractivity contribution in [1.82, 2.24) is 19.5 Å². The molecule has 0 bridgehead atoms. The van der Waals surface area contributed by atoms with Gasteiger partial charge in [0.15, 0.2) is 17.5 Å². The first-order chi connectivity index (χ1) is 29.7. The van der Waals surface area contributed by atoms with Crippen LogP contribution in [0, 0.1) is 0 Å². The molecular formula is C55H32N4O. The summed E-state index contributed by atoms with van der Waals surface area (Å²) in [5.74, 6) is 1.80. The molecule has 0 fully saturated rings. The summed E-state index contributed by atoms with van der Waals surface area (Å²) in [6.45, 7) is 0. The molecule has 0 amide bonds. The van der Waals surface area contributed by atoms with E-state index in [9.17, 15) is 0 Å². The molecule has 10 aromatic carbocycles. The number of nitrogens with zero attached hydrogens (tertiary/aromatic N) is 4. The highest BCUT2D eigenvalue weighted by atomic mass is 16.3. The van der Waals surface area contributed by atoms with Gasteiger partial charge in [-0.05, 0) is 85.6 Å². The van der Waals surface area contributed by atoms with Gasteiger partial charge in [-0.25, -0.2) is 15.0 Å². The van der Waals surface area contributed by atoms with Crippen LogP contribution in [0.4, 0.5) is 0 Å². The van der Waals surface area contributed by atoms with E-state index in [4.69, 9.17) is 19.4 Å². The summed E-state index contributed by atoms with van der Waals surface area (Å²) in [7, 11) is 0. The highest BCUT2D eigenvalue weighted by molar-refractivity contribution is 6.18. The molecule has 3 aromatic heterocycles. The first kappa shape index (κ1) is 32.9. The molecule has 0 spiro atoms. The Bertz CT molecular complexity index is 3910. The van der Waals surface area contributed by atoms with Gasteiger partial charge in [-0.1, -0.05) is 152 Å². The van der Waals surface area contributed by atoms with E-state index in [1.54, 1.807) is 0 Å². The topological polar surface area (TPSA) is 56.7 Å². The zero-order chi connectivity index (χ0) is 39.3.